The van der Waals surface area contributed by atoms with Crippen LogP contribution in [0, 0.1) is 0 Å². The Kier molecular flexibility index (Phi) is 6.75. The number of rotatable bonds is 7. The Bertz CT molecular complexity index is 713. The lowest BCUT2D eigenvalue weighted by Crippen LogP contribution is -2.35. The molecule has 4 nitrogen and oxygen atoms in total. The third kappa shape index (κ3) is 5.18. The SMILES string of the molecule is CCC[C@H](C)NC(=O)c1ccccc1C(=O)N(C)Cc1ccccc1. The van der Waals surface area contributed by atoms with E-state index in [-0.39, 0.29) is 17.9 Å². The molecule has 2 aromatic carbocycles. The van der Waals surface area contributed by atoms with E-state index in [0.29, 0.717) is 17.7 Å². The molecule has 1 atom stereocenters. The molecule has 0 fully saturated rings. The van der Waals surface area contributed by atoms with Crippen molar-refractivity contribution in [2.24, 2.45) is 0 Å². The van der Waals surface area contributed by atoms with Gasteiger partial charge in [-0.3, -0.25) is 9.59 Å². The van der Waals surface area contributed by atoms with E-state index in [1.54, 1.807) is 36.2 Å². The maximum atomic E-state index is 12.8. The van der Waals surface area contributed by atoms with Crippen LogP contribution in [0.3, 0.4) is 0 Å². The molecule has 1 N–H and O–H groups in total. The third-order valence-corrected chi connectivity index (χ3v) is 4.11. The monoisotopic (exact) mass is 338 g/mol. The van der Waals surface area contributed by atoms with Gasteiger partial charge in [0.05, 0.1) is 11.1 Å². The minimum absolute atomic E-state index is 0.0858. The van der Waals surface area contributed by atoms with Crippen molar-refractivity contribution in [2.75, 3.05) is 7.05 Å². The Morgan fingerprint density at radius 1 is 1.00 bits per heavy atom. The van der Waals surface area contributed by atoms with E-state index < -0.39 is 0 Å². The van der Waals surface area contributed by atoms with Crippen molar-refractivity contribution < 1.29 is 9.59 Å². The van der Waals surface area contributed by atoms with Crippen LogP contribution in [-0.4, -0.2) is 29.8 Å². The van der Waals surface area contributed by atoms with Gasteiger partial charge in [-0.25, -0.2) is 0 Å². The second-order valence-corrected chi connectivity index (χ2v) is 6.36. The molecule has 0 aliphatic carbocycles. The molecule has 132 valence electrons. The fourth-order valence-corrected chi connectivity index (χ4v) is 2.81. The van der Waals surface area contributed by atoms with E-state index in [4.69, 9.17) is 0 Å². The van der Waals surface area contributed by atoms with Crippen molar-refractivity contribution in [1.29, 1.82) is 0 Å². The Hall–Kier alpha value is -2.62. The zero-order valence-corrected chi connectivity index (χ0v) is 15.2. The summed E-state index contributed by atoms with van der Waals surface area (Å²) < 4.78 is 0. The van der Waals surface area contributed by atoms with E-state index in [0.717, 1.165) is 18.4 Å². The summed E-state index contributed by atoms with van der Waals surface area (Å²) in [5.74, 6) is -0.351. The van der Waals surface area contributed by atoms with Crippen LogP contribution in [0.4, 0.5) is 0 Å². The highest BCUT2D eigenvalue weighted by molar-refractivity contribution is 6.07. The van der Waals surface area contributed by atoms with E-state index in [9.17, 15) is 9.59 Å². The number of nitrogens with zero attached hydrogens (tertiary/aromatic N) is 1. The summed E-state index contributed by atoms with van der Waals surface area (Å²) in [4.78, 5) is 27.0. The summed E-state index contributed by atoms with van der Waals surface area (Å²) >= 11 is 0. The van der Waals surface area contributed by atoms with Gasteiger partial charge in [0.1, 0.15) is 0 Å². The van der Waals surface area contributed by atoms with Gasteiger partial charge in [-0.05, 0) is 31.0 Å². The van der Waals surface area contributed by atoms with Crippen molar-refractivity contribution in [3.63, 3.8) is 0 Å². The molecule has 0 aromatic heterocycles. The maximum absolute atomic E-state index is 12.8. The second kappa shape index (κ2) is 9.02. The lowest BCUT2D eigenvalue weighted by Gasteiger charge is -2.20. The average molecular weight is 338 g/mol. The van der Waals surface area contributed by atoms with Crippen molar-refractivity contribution in [3.8, 4) is 0 Å². The Morgan fingerprint density at radius 3 is 2.24 bits per heavy atom. The first kappa shape index (κ1) is 18.7. The summed E-state index contributed by atoms with van der Waals surface area (Å²) in [6.45, 7) is 4.56. The van der Waals surface area contributed by atoms with Crippen LogP contribution in [0.25, 0.3) is 0 Å². The lowest BCUT2D eigenvalue weighted by atomic mass is 10.0. The fraction of sp³-hybridized carbons (Fsp3) is 0.333. The van der Waals surface area contributed by atoms with E-state index >= 15 is 0 Å². The lowest BCUT2D eigenvalue weighted by molar-refractivity contribution is 0.0777. The number of carbonyl (C=O) groups is 2. The Morgan fingerprint density at radius 2 is 1.60 bits per heavy atom. The van der Waals surface area contributed by atoms with E-state index in [2.05, 4.69) is 12.2 Å². The molecule has 0 spiro atoms. The van der Waals surface area contributed by atoms with Gasteiger partial charge in [-0.1, -0.05) is 55.8 Å². The molecule has 0 saturated heterocycles. The van der Waals surface area contributed by atoms with Gasteiger partial charge in [-0.2, -0.15) is 0 Å². The molecule has 0 aliphatic rings. The summed E-state index contributed by atoms with van der Waals surface area (Å²) in [7, 11) is 1.75. The zero-order chi connectivity index (χ0) is 18.2. The van der Waals surface area contributed by atoms with Crippen LogP contribution in [0.2, 0.25) is 0 Å². The summed E-state index contributed by atoms with van der Waals surface area (Å²) in [6, 6.07) is 16.9. The van der Waals surface area contributed by atoms with Gasteiger partial charge >= 0.3 is 0 Å². The van der Waals surface area contributed by atoms with Gasteiger partial charge in [0.2, 0.25) is 0 Å². The fourth-order valence-electron chi connectivity index (χ4n) is 2.81. The van der Waals surface area contributed by atoms with E-state index in [1.807, 2.05) is 37.3 Å². The standard InChI is InChI=1S/C21H26N2O2/c1-4-10-16(2)22-20(24)18-13-8-9-14-19(18)21(25)23(3)15-17-11-6-5-7-12-17/h5-9,11-14,16H,4,10,15H2,1-3H3,(H,22,24)/t16-/m0/s1. The quantitative estimate of drug-likeness (QED) is 0.833. The predicted molar refractivity (Wildman–Crippen MR) is 101 cm³/mol. The molecular weight excluding hydrogens is 312 g/mol. The molecule has 2 aromatic rings. The number of hydrogen-bond acceptors (Lipinski definition) is 2. The van der Waals surface area contributed by atoms with Crippen LogP contribution in [0.15, 0.2) is 54.6 Å². The number of nitrogens with one attached hydrogen (secondary N) is 1. The normalized spacial score (nSPS) is 11.6. The summed E-state index contributed by atoms with van der Waals surface area (Å²) in [5, 5.41) is 2.97. The molecule has 25 heavy (non-hydrogen) atoms. The molecule has 0 unspecified atom stereocenters. The highest BCUT2D eigenvalue weighted by atomic mass is 16.2. The van der Waals surface area contributed by atoms with Gasteiger partial charge in [0, 0.05) is 19.6 Å². The molecule has 2 amide bonds. The Labute approximate surface area is 149 Å². The number of carbonyl (C=O) groups excluding carboxylic acids is 2. The van der Waals surface area contributed by atoms with Crippen molar-refractivity contribution in [3.05, 3.63) is 71.3 Å². The third-order valence-electron chi connectivity index (χ3n) is 4.11. The summed E-state index contributed by atoms with van der Waals surface area (Å²) in [5.41, 5.74) is 1.91. The molecular formula is C21H26N2O2. The van der Waals surface area contributed by atoms with Crippen molar-refractivity contribution >= 4 is 11.8 Å². The van der Waals surface area contributed by atoms with Crippen LogP contribution >= 0.6 is 0 Å². The van der Waals surface area contributed by atoms with Crippen molar-refractivity contribution in [2.45, 2.75) is 39.3 Å². The number of amides is 2. The Balaban J connectivity index is 2.15. The molecule has 0 aliphatic heterocycles. The molecule has 0 heterocycles. The summed E-state index contributed by atoms with van der Waals surface area (Å²) in [6.07, 6.45) is 1.91. The van der Waals surface area contributed by atoms with Gasteiger partial charge in [-0.15, -0.1) is 0 Å². The number of hydrogen-bond donors (Lipinski definition) is 1. The minimum atomic E-state index is -0.196. The first-order chi connectivity index (χ1) is 12.0. The molecule has 2 rings (SSSR count). The van der Waals surface area contributed by atoms with Crippen LogP contribution in [-0.2, 0) is 6.54 Å². The largest absolute Gasteiger partial charge is 0.350 e. The molecule has 4 heteroatoms. The van der Waals surface area contributed by atoms with E-state index in [1.165, 1.54) is 0 Å². The molecule has 0 bridgehead atoms. The zero-order valence-electron chi connectivity index (χ0n) is 15.2. The molecule has 0 radical (unpaired) electrons. The number of benzene rings is 2. The second-order valence-electron chi connectivity index (χ2n) is 6.36. The van der Waals surface area contributed by atoms with Crippen LogP contribution < -0.4 is 5.32 Å². The van der Waals surface area contributed by atoms with Crippen molar-refractivity contribution in [1.82, 2.24) is 10.2 Å². The average Bonchev–Trinajstić information content (AvgIpc) is 2.62. The molecule has 0 saturated carbocycles. The van der Waals surface area contributed by atoms with Gasteiger partial charge < -0.3 is 10.2 Å². The highest BCUT2D eigenvalue weighted by Gasteiger charge is 2.20. The smallest absolute Gasteiger partial charge is 0.254 e. The topological polar surface area (TPSA) is 49.4 Å². The highest BCUT2D eigenvalue weighted by Crippen LogP contribution is 2.14. The first-order valence-corrected chi connectivity index (χ1v) is 8.72. The predicted octanol–water partition coefficient (Wildman–Crippen LogP) is 3.88. The van der Waals surface area contributed by atoms with Crippen LogP contribution in [0.1, 0.15) is 53.0 Å². The van der Waals surface area contributed by atoms with Crippen LogP contribution in [0.5, 0.6) is 0 Å². The first-order valence-electron chi connectivity index (χ1n) is 8.72. The minimum Gasteiger partial charge on any atom is -0.350 e. The maximum Gasteiger partial charge on any atom is 0.254 e. The van der Waals surface area contributed by atoms with Gasteiger partial charge in [0.25, 0.3) is 11.8 Å². The van der Waals surface area contributed by atoms with Gasteiger partial charge in [0.15, 0.2) is 0 Å².